The van der Waals surface area contributed by atoms with Gasteiger partial charge < -0.3 is 9.13 Å². The molecular weight excluding hydrogens is 384 g/mol. The van der Waals surface area contributed by atoms with Gasteiger partial charge in [-0.25, -0.2) is 9.97 Å². The van der Waals surface area contributed by atoms with Gasteiger partial charge in [0.25, 0.3) is 0 Å². The van der Waals surface area contributed by atoms with E-state index in [-0.39, 0.29) is 5.78 Å². The first-order valence-electron chi connectivity index (χ1n) is 10.1. The molecule has 4 rings (SSSR count). The summed E-state index contributed by atoms with van der Waals surface area (Å²) in [7, 11) is 1.91. The third-order valence-corrected chi connectivity index (χ3v) is 5.20. The quantitative estimate of drug-likeness (QED) is 0.372. The van der Waals surface area contributed by atoms with Gasteiger partial charge in [-0.05, 0) is 61.6 Å². The largest absolute Gasteiger partial charge is 0.327 e. The van der Waals surface area contributed by atoms with Crippen LogP contribution in [0.4, 0.5) is 0 Å². The molecule has 0 aliphatic rings. The topological polar surface area (TPSA) is 52.7 Å². The lowest BCUT2D eigenvalue weighted by Crippen LogP contribution is -2.05. The molecule has 0 radical (unpaired) electrons. The maximum absolute atomic E-state index is 13.0. The van der Waals surface area contributed by atoms with Crippen molar-refractivity contribution in [1.29, 1.82) is 0 Å². The van der Waals surface area contributed by atoms with Crippen LogP contribution in [0.2, 0.25) is 0 Å². The Kier molecular flexibility index (Phi) is 5.55. The molecule has 0 saturated carbocycles. The molecule has 0 spiro atoms. The number of rotatable bonds is 4. The lowest BCUT2D eigenvalue weighted by Gasteiger charge is -2.09. The van der Waals surface area contributed by atoms with Crippen LogP contribution in [0.25, 0.3) is 5.69 Å². The number of benzene rings is 2. The Morgan fingerprint density at radius 2 is 1.87 bits per heavy atom. The minimum atomic E-state index is 0.0712. The first kappa shape index (κ1) is 20.4. The Bertz CT molecular complexity index is 1330. The number of carbonyl (C=O) groups is 1. The lowest BCUT2D eigenvalue weighted by atomic mass is 9.98. The number of hydrogen-bond donors (Lipinski definition) is 0. The van der Waals surface area contributed by atoms with Gasteiger partial charge in [-0.15, -0.1) is 0 Å². The van der Waals surface area contributed by atoms with Crippen LogP contribution in [-0.4, -0.2) is 24.9 Å². The molecule has 0 aliphatic heterocycles. The maximum Gasteiger partial charge on any atom is 0.167 e. The molecule has 0 saturated heterocycles. The summed E-state index contributed by atoms with van der Waals surface area (Å²) in [6.07, 6.45) is 7.56. The van der Waals surface area contributed by atoms with Crippen LogP contribution in [0.15, 0.2) is 61.4 Å². The molecule has 4 aromatic rings. The fourth-order valence-electron chi connectivity index (χ4n) is 3.48. The highest BCUT2D eigenvalue weighted by molar-refractivity contribution is 5.98. The van der Waals surface area contributed by atoms with Crippen molar-refractivity contribution in [2.24, 2.45) is 7.05 Å². The van der Waals surface area contributed by atoms with Crippen molar-refractivity contribution < 1.29 is 4.79 Å². The van der Waals surface area contributed by atoms with Gasteiger partial charge in [-0.2, -0.15) is 0 Å². The van der Waals surface area contributed by atoms with Crippen molar-refractivity contribution in [3.05, 3.63) is 101 Å². The highest BCUT2D eigenvalue weighted by atomic mass is 16.1. The molecule has 0 bridgehead atoms. The zero-order chi connectivity index (χ0) is 22.0. The second-order valence-corrected chi connectivity index (χ2v) is 7.87. The maximum atomic E-state index is 13.0. The lowest BCUT2D eigenvalue weighted by molar-refractivity contribution is 0.0993. The molecule has 0 atom stereocenters. The number of nitrogens with zero attached hydrogens (tertiary/aromatic N) is 4. The summed E-state index contributed by atoms with van der Waals surface area (Å²) >= 11 is 0. The molecule has 0 fully saturated rings. The minimum Gasteiger partial charge on any atom is -0.327 e. The molecule has 154 valence electrons. The number of hydrogen-bond acceptors (Lipinski definition) is 3. The summed E-state index contributed by atoms with van der Waals surface area (Å²) in [5.41, 5.74) is 7.45. The summed E-state index contributed by atoms with van der Waals surface area (Å²) in [5, 5.41) is 0. The highest BCUT2D eigenvalue weighted by Gasteiger charge is 2.11. The van der Waals surface area contributed by atoms with Gasteiger partial charge in [0.1, 0.15) is 5.69 Å². The van der Waals surface area contributed by atoms with Gasteiger partial charge in [0, 0.05) is 36.5 Å². The summed E-state index contributed by atoms with van der Waals surface area (Å²) in [6, 6.07) is 11.9. The number of carbonyl (C=O) groups excluding carboxylic acids is 1. The molecule has 0 N–H and O–H groups in total. The van der Waals surface area contributed by atoms with E-state index in [9.17, 15) is 4.79 Å². The van der Waals surface area contributed by atoms with Crippen molar-refractivity contribution in [3.8, 4) is 17.5 Å². The number of ketones is 1. The van der Waals surface area contributed by atoms with Crippen molar-refractivity contribution in [2.45, 2.75) is 27.2 Å². The Morgan fingerprint density at radius 3 is 2.58 bits per heavy atom. The van der Waals surface area contributed by atoms with E-state index < -0.39 is 0 Å². The molecule has 2 aromatic carbocycles. The third kappa shape index (κ3) is 4.65. The molecule has 0 amide bonds. The van der Waals surface area contributed by atoms with E-state index in [2.05, 4.69) is 33.9 Å². The normalized spacial score (nSPS) is 10.6. The van der Waals surface area contributed by atoms with E-state index in [1.165, 1.54) is 0 Å². The van der Waals surface area contributed by atoms with Crippen molar-refractivity contribution in [2.75, 3.05) is 0 Å². The van der Waals surface area contributed by atoms with Crippen molar-refractivity contribution in [3.63, 3.8) is 0 Å². The van der Waals surface area contributed by atoms with Gasteiger partial charge in [-0.1, -0.05) is 24.1 Å². The molecule has 0 unspecified atom stereocenters. The highest BCUT2D eigenvalue weighted by Crippen LogP contribution is 2.18. The monoisotopic (exact) mass is 408 g/mol. The van der Waals surface area contributed by atoms with Crippen LogP contribution in [-0.2, 0) is 13.5 Å². The Morgan fingerprint density at radius 1 is 1.03 bits per heavy atom. The van der Waals surface area contributed by atoms with Gasteiger partial charge in [0.15, 0.2) is 5.78 Å². The van der Waals surface area contributed by atoms with E-state index in [0.717, 1.165) is 39.3 Å². The number of imidazole rings is 2. The predicted molar refractivity (Wildman–Crippen MR) is 121 cm³/mol. The number of aryl methyl sites for hydroxylation is 4. The van der Waals surface area contributed by atoms with Crippen LogP contribution >= 0.6 is 0 Å². The second kappa shape index (κ2) is 8.45. The first-order valence-corrected chi connectivity index (χ1v) is 10.1. The fraction of sp³-hybridized carbons (Fsp3) is 0.192. The van der Waals surface area contributed by atoms with Crippen LogP contribution in [0.3, 0.4) is 0 Å². The molecule has 31 heavy (non-hydrogen) atoms. The van der Waals surface area contributed by atoms with E-state index in [1.807, 2.05) is 67.4 Å². The van der Waals surface area contributed by atoms with Gasteiger partial charge >= 0.3 is 0 Å². The standard InChI is InChI=1S/C26H24N4O/c1-18-9-21(11-25(10-18)30-15-20(3)28-17-30)12-26(31)23-6-5-19(2)22(13-23)7-8-24-14-27-16-29(24)4/h5-6,9-11,13-17H,12H2,1-4H3. The Hall–Kier alpha value is -3.91. The molecule has 2 heterocycles. The average Bonchev–Trinajstić information content (AvgIpc) is 3.35. The van der Waals surface area contributed by atoms with Crippen molar-refractivity contribution in [1.82, 2.24) is 19.1 Å². The third-order valence-electron chi connectivity index (χ3n) is 5.20. The van der Waals surface area contributed by atoms with Crippen LogP contribution in [0.1, 0.15) is 44.0 Å². The zero-order valence-electron chi connectivity index (χ0n) is 18.2. The SMILES string of the molecule is Cc1cc(CC(=O)c2ccc(C)c(C#Cc3cncn3C)c2)cc(-n2cnc(C)c2)c1. The Labute approximate surface area is 182 Å². The zero-order valence-corrected chi connectivity index (χ0v) is 18.2. The summed E-state index contributed by atoms with van der Waals surface area (Å²) in [4.78, 5) is 21.4. The fourth-order valence-corrected chi connectivity index (χ4v) is 3.48. The summed E-state index contributed by atoms with van der Waals surface area (Å²) in [6.45, 7) is 6.00. The van der Waals surface area contributed by atoms with E-state index in [1.54, 1.807) is 18.9 Å². The average molecular weight is 409 g/mol. The summed E-state index contributed by atoms with van der Waals surface area (Å²) in [5.74, 6) is 6.39. The molecule has 5 heteroatoms. The molecule has 2 aromatic heterocycles. The first-order chi connectivity index (χ1) is 14.9. The van der Waals surface area contributed by atoms with E-state index >= 15 is 0 Å². The van der Waals surface area contributed by atoms with Crippen molar-refractivity contribution >= 4 is 5.78 Å². The smallest absolute Gasteiger partial charge is 0.167 e. The van der Waals surface area contributed by atoms with E-state index in [0.29, 0.717) is 12.0 Å². The van der Waals surface area contributed by atoms with Crippen LogP contribution in [0.5, 0.6) is 0 Å². The van der Waals surface area contributed by atoms with Gasteiger partial charge in [0.2, 0.25) is 0 Å². The Balaban J connectivity index is 1.59. The van der Waals surface area contributed by atoms with E-state index in [4.69, 9.17) is 0 Å². The van der Waals surface area contributed by atoms with Gasteiger partial charge in [-0.3, -0.25) is 4.79 Å². The van der Waals surface area contributed by atoms with Gasteiger partial charge in [0.05, 0.1) is 24.5 Å². The van der Waals surface area contributed by atoms with Crippen LogP contribution in [0, 0.1) is 32.6 Å². The van der Waals surface area contributed by atoms with Crippen LogP contribution < -0.4 is 0 Å². The second-order valence-electron chi connectivity index (χ2n) is 7.87. The summed E-state index contributed by atoms with van der Waals surface area (Å²) < 4.78 is 3.85. The number of Topliss-reactive ketones (excluding diaryl/α,β-unsaturated/α-hetero) is 1. The molecular formula is C26H24N4O. The minimum absolute atomic E-state index is 0.0712. The molecule has 5 nitrogen and oxygen atoms in total. The predicted octanol–water partition coefficient (Wildman–Crippen LogP) is 4.36. The molecule has 0 aliphatic carbocycles. The number of aromatic nitrogens is 4.